The predicted octanol–water partition coefficient (Wildman–Crippen LogP) is 3.30. The summed E-state index contributed by atoms with van der Waals surface area (Å²) in [5, 5.41) is 8.61. The Morgan fingerprint density at radius 2 is 1.93 bits per heavy atom. The molecule has 5 rings (SSSR count). The van der Waals surface area contributed by atoms with Gasteiger partial charge in [0.25, 0.3) is 5.91 Å². The lowest BCUT2D eigenvalue weighted by Gasteiger charge is -2.32. The lowest BCUT2D eigenvalue weighted by atomic mass is 10.1. The number of nitrogens with two attached hydrogens (primary N) is 1. The SMILES string of the molecule is COc1ccccc1C(=O)NCc1ccc(-c2nn([C@@H]3CCCN(C(=O)/C=C/CN(C)C)C3)c3ncnc(N)c23)cc1. The van der Waals surface area contributed by atoms with Crippen molar-refractivity contribution in [1.82, 2.24) is 34.9 Å². The van der Waals surface area contributed by atoms with Gasteiger partial charge in [-0.05, 0) is 44.6 Å². The molecule has 11 heteroatoms. The van der Waals surface area contributed by atoms with Crippen LogP contribution in [-0.2, 0) is 11.3 Å². The maximum Gasteiger partial charge on any atom is 0.255 e. The molecule has 3 heterocycles. The number of rotatable bonds is 9. The van der Waals surface area contributed by atoms with Crippen LogP contribution in [0.25, 0.3) is 22.3 Å². The summed E-state index contributed by atoms with van der Waals surface area (Å²) in [6.45, 7) is 2.31. The standard InChI is InChI=1S/C31H36N8O3/c1-37(2)16-7-11-26(40)38-17-6-8-23(19-38)39-30-27(29(32)34-20-35-30)28(36-39)22-14-12-21(13-15-22)18-33-31(41)24-9-4-5-10-25(24)42-3/h4-5,7,9-15,20,23H,6,8,16-19H2,1-3H3,(H,33,41)(H2,32,34,35)/b11-7+/t23-/m1/s1. The number of hydrogen-bond donors (Lipinski definition) is 2. The Balaban J connectivity index is 1.35. The van der Waals surface area contributed by atoms with Gasteiger partial charge in [-0.15, -0.1) is 0 Å². The van der Waals surface area contributed by atoms with Gasteiger partial charge in [0, 0.05) is 37.8 Å². The van der Waals surface area contributed by atoms with E-state index in [0.29, 0.717) is 60.0 Å². The second-order valence-corrected chi connectivity index (χ2v) is 10.6. The molecule has 2 aromatic carbocycles. The van der Waals surface area contributed by atoms with E-state index >= 15 is 0 Å². The number of ether oxygens (including phenoxy) is 1. The quantitative estimate of drug-likeness (QED) is 0.294. The minimum atomic E-state index is -0.209. The fraction of sp³-hybridized carbons (Fsp3) is 0.323. The summed E-state index contributed by atoms with van der Waals surface area (Å²) >= 11 is 0. The number of piperidine rings is 1. The Labute approximate surface area is 245 Å². The van der Waals surface area contributed by atoms with Gasteiger partial charge in [0.2, 0.25) is 5.91 Å². The number of amides is 2. The zero-order chi connectivity index (χ0) is 29.6. The molecule has 1 atom stereocenters. The first-order valence-corrected chi connectivity index (χ1v) is 13.9. The van der Waals surface area contributed by atoms with Crippen LogP contribution in [0.2, 0.25) is 0 Å². The molecule has 0 aliphatic carbocycles. The van der Waals surface area contributed by atoms with E-state index in [1.165, 1.54) is 6.33 Å². The summed E-state index contributed by atoms with van der Waals surface area (Å²) in [7, 11) is 5.48. The summed E-state index contributed by atoms with van der Waals surface area (Å²) in [4.78, 5) is 38.2. The fourth-order valence-corrected chi connectivity index (χ4v) is 5.17. The number of nitrogens with zero attached hydrogens (tertiary/aromatic N) is 6. The number of aromatic nitrogens is 4. The highest BCUT2D eigenvalue weighted by Gasteiger charge is 2.28. The van der Waals surface area contributed by atoms with Gasteiger partial charge in [-0.1, -0.05) is 42.5 Å². The van der Waals surface area contributed by atoms with Gasteiger partial charge in [-0.2, -0.15) is 5.10 Å². The van der Waals surface area contributed by atoms with Crippen LogP contribution < -0.4 is 15.8 Å². The number of nitrogen functional groups attached to an aromatic ring is 1. The van der Waals surface area contributed by atoms with Gasteiger partial charge in [0.05, 0.1) is 24.1 Å². The molecule has 1 fully saturated rings. The van der Waals surface area contributed by atoms with Crippen LogP contribution in [0, 0.1) is 0 Å². The van der Waals surface area contributed by atoms with E-state index < -0.39 is 0 Å². The minimum absolute atomic E-state index is 0.000706. The van der Waals surface area contributed by atoms with Gasteiger partial charge in [0.15, 0.2) is 5.65 Å². The summed E-state index contributed by atoms with van der Waals surface area (Å²) in [5.41, 5.74) is 9.94. The molecule has 4 aromatic rings. The van der Waals surface area contributed by atoms with Crippen molar-refractivity contribution < 1.29 is 14.3 Å². The van der Waals surface area contributed by atoms with E-state index in [-0.39, 0.29) is 17.9 Å². The number of para-hydroxylation sites is 1. The van der Waals surface area contributed by atoms with Gasteiger partial charge >= 0.3 is 0 Å². The molecule has 0 unspecified atom stereocenters. The van der Waals surface area contributed by atoms with Crippen LogP contribution in [0.3, 0.4) is 0 Å². The zero-order valence-corrected chi connectivity index (χ0v) is 24.2. The van der Waals surface area contributed by atoms with E-state index in [0.717, 1.165) is 24.0 Å². The molecule has 2 aromatic heterocycles. The van der Waals surface area contributed by atoms with Crippen LogP contribution in [-0.4, -0.2) is 82.2 Å². The van der Waals surface area contributed by atoms with Crippen molar-refractivity contribution in [3.8, 4) is 17.0 Å². The fourth-order valence-electron chi connectivity index (χ4n) is 5.17. The van der Waals surface area contributed by atoms with Crippen LogP contribution in [0.15, 0.2) is 67.0 Å². The summed E-state index contributed by atoms with van der Waals surface area (Å²) < 4.78 is 7.20. The molecule has 3 N–H and O–H groups in total. The normalized spacial score (nSPS) is 15.4. The van der Waals surface area contributed by atoms with E-state index in [9.17, 15) is 9.59 Å². The zero-order valence-electron chi connectivity index (χ0n) is 24.2. The molecule has 0 spiro atoms. The summed E-state index contributed by atoms with van der Waals surface area (Å²) in [6.07, 6.45) is 6.72. The number of likely N-dealkylation sites (tertiary alicyclic amines) is 1. The van der Waals surface area contributed by atoms with Gasteiger partial charge in [-0.25, -0.2) is 14.6 Å². The Hall–Kier alpha value is -4.77. The third-order valence-electron chi connectivity index (χ3n) is 7.34. The van der Waals surface area contributed by atoms with Crippen LogP contribution in [0.4, 0.5) is 5.82 Å². The number of likely N-dealkylation sites (N-methyl/N-ethyl adjacent to an activating group) is 1. The molecule has 1 aliphatic rings. The number of fused-ring (bicyclic) bond motifs is 1. The van der Waals surface area contributed by atoms with Crippen molar-refractivity contribution in [2.24, 2.45) is 0 Å². The number of nitrogens with one attached hydrogen (secondary N) is 1. The molecule has 0 bridgehead atoms. The number of benzene rings is 2. The minimum Gasteiger partial charge on any atom is -0.496 e. The lowest BCUT2D eigenvalue weighted by Crippen LogP contribution is -2.40. The number of methoxy groups -OCH3 is 1. The second-order valence-electron chi connectivity index (χ2n) is 10.6. The third-order valence-corrected chi connectivity index (χ3v) is 7.34. The monoisotopic (exact) mass is 568 g/mol. The molecule has 1 saturated heterocycles. The molecular formula is C31H36N8O3. The first kappa shape index (κ1) is 28.7. The number of hydrogen-bond acceptors (Lipinski definition) is 8. The first-order chi connectivity index (χ1) is 20.4. The number of carbonyl (C=O) groups excluding carboxylic acids is 2. The molecular weight excluding hydrogens is 532 g/mol. The largest absolute Gasteiger partial charge is 0.496 e. The third kappa shape index (κ3) is 6.26. The number of anilines is 1. The van der Waals surface area contributed by atoms with Crippen molar-refractivity contribution in [2.45, 2.75) is 25.4 Å². The predicted molar refractivity (Wildman–Crippen MR) is 162 cm³/mol. The van der Waals surface area contributed by atoms with Crippen LogP contribution >= 0.6 is 0 Å². The average Bonchev–Trinajstić information content (AvgIpc) is 3.41. The molecule has 11 nitrogen and oxygen atoms in total. The van der Waals surface area contributed by atoms with E-state index in [1.54, 1.807) is 31.4 Å². The molecule has 0 saturated carbocycles. The molecule has 0 radical (unpaired) electrons. The Bertz CT molecular complexity index is 1600. The maximum absolute atomic E-state index is 12.9. The molecule has 42 heavy (non-hydrogen) atoms. The van der Waals surface area contributed by atoms with Crippen molar-refractivity contribution in [2.75, 3.05) is 46.6 Å². The molecule has 1 aliphatic heterocycles. The topological polar surface area (TPSA) is 132 Å². The molecule has 2 amide bonds. The van der Waals surface area contributed by atoms with Gasteiger partial charge in [-0.3, -0.25) is 9.59 Å². The van der Waals surface area contributed by atoms with Crippen molar-refractivity contribution in [3.63, 3.8) is 0 Å². The van der Waals surface area contributed by atoms with Crippen LogP contribution in [0.5, 0.6) is 5.75 Å². The smallest absolute Gasteiger partial charge is 0.255 e. The summed E-state index contributed by atoms with van der Waals surface area (Å²) in [5.74, 6) is 0.670. The summed E-state index contributed by atoms with van der Waals surface area (Å²) in [6, 6.07) is 14.9. The van der Waals surface area contributed by atoms with Gasteiger partial charge < -0.3 is 25.6 Å². The highest BCUT2D eigenvalue weighted by atomic mass is 16.5. The van der Waals surface area contributed by atoms with Crippen molar-refractivity contribution >= 4 is 28.7 Å². The van der Waals surface area contributed by atoms with E-state index in [4.69, 9.17) is 15.6 Å². The highest BCUT2D eigenvalue weighted by molar-refractivity contribution is 5.98. The van der Waals surface area contributed by atoms with Crippen LogP contribution in [0.1, 0.15) is 34.8 Å². The Morgan fingerprint density at radius 3 is 2.69 bits per heavy atom. The van der Waals surface area contributed by atoms with E-state index in [2.05, 4.69) is 15.3 Å². The maximum atomic E-state index is 12.9. The number of carbonyl (C=O) groups is 2. The van der Waals surface area contributed by atoms with Gasteiger partial charge in [0.1, 0.15) is 23.6 Å². The first-order valence-electron chi connectivity index (χ1n) is 13.9. The lowest BCUT2D eigenvalue weighted by molar-refractivity contribution is -0.127. The van der Waals surface area contributed by atoms with E-state index in [1.807, 2.05) is 65.0 Å². The Kier molecular flexibility index (Phi) is 8.77. The van der Waals surface area contributed by atoms with Crippen molar-refractivity contribution in [3.05, 3.63) is 78.1 Å². The van der Waals surface area contributed by atoms with Crippen molar-refractivity contribution in [1.29, 1.82) is 0 Å². The highest BCUT2D eigenvalue weighted by Crippen LogP contribution is 2.34. The average molecular weight is 569 g/mol. The molecule has 218 valence electrons. The second kappa shape index (κ2) is 12.8. The Morgan fingerprint density at radius 1 is 1.14 bits per heavy atom.